The molecule has 19 heavy (non-hydrogen) atoms. The van der Waals surface area contributed by atoms with Crippen LogP contribution in [0.5, 0.6) is 5.75 Å². The summed E-state index contributed by atoms with van der Waals surface area (Å²) in [5, 5.41) is 0.895. The smallest absolute Gasteiger partial charge is 0.119 e. The molecule has 0 amide bonds. The van der Waals surface area contributed by atoms with E-state index < -0.39 is 0 Å². The van der Waals surface area contributed by atoms with Crippen LogP contribution in [0.15, 0.2) is 28.7 Å². The molecule has 0 fully saturated rings. The number of ether oxygens (including phenoxy) is 2. The van der Waals surface area contributed by atoms with Crippen LogP contribution >= 0.6 is 31.9 Å². The Hall–Kier alpha value is -0.100. The molecule has 1 rings (SSSR count). The number of nitrogens with zero attached hydrogens (tertiary/aromatic N) is 1. The minimum absolute atomic E-state index is 0.702. The van der Waals surface area contributed by atoms with Crippen LogP contribution in [-0.4, -0.2) is 49.7 Å². The Morgan fingerprint density at radius 3 is 2.37 bits per heavy atom. The predicted molar refractivity (Wildman–Crippen MR) is 86.4 cm³/mol. The van der Waals surface area contributed by atoms with Crippen molar-refractivity contribution in [3.05, 3.63) is 28.7 Å². The highest BCUT2D eigenvalue weighted by molar-refractivity contribution is 9.10. The lowest BCUT2D eigenvalue weighted by Crippen LogP contribution is -2.31. The standard InChI is InChI=1S/C14H21Br2NO2/c1-2-17(8-11-18-10-7-15)9-12-19-14-5-3-13(16)4-6-14/h3-6H,2,7-12H2,1H3. The zero-order valence-corrected chi connectivity index (χ0v) is 14.5. The normalized spacial score (nSPS) is 10.9. The van der Waals surface area contributed by atoms with E-state index in [1.54, 1.807) is 0 Å². The Labute approximate surface area is 132 Å². The van der Waals surface area contributed by atoms with Gasteiger partial charge in [-0.3, -0.25) is 4.90 Å². The number of halogens is 2. The Morgan fingerprint density at radius 2 is 1.74 bits per heavy atom. The third-order valence-corrected chi connectivity index (χ3v) is 3.56. The maximum Gasteiger partial charge on any atom is 0.119 e. The summed E-state index contributed by atoms with van der Waals surface area (Å²) in [5.41, 5.74) is 0. The van der Waals surface area contributed by atoms with E-state index in [-0.39, 0.29) is 0 Å². The molecule has 0 aliphatic rings. The molecule has 0 saturated heterocycles. The SMILES string of the molecule is CCN(CCOCCBr)CCOc1ccc(Br)cc1. The van der Waals surface area contributed by atoms with E-state index in [1.165, 1.54) is 0 Å². The molecule has 0 bridgehead atoms. The highest BCUT2D eigenvalue weighted by atomic mass is 79.9. The lowest BCUT2D eigenvalue weighted by atomic mass is 10.3. The van der Waals surface area contributed by atoms with Crippen LogP contribution in [0, 0.1) is 0 Å². The van der Waals surface area contributed by atoms with Crippen molar-refractivity contribution in [3.8, 4) is 5.75 Å². The van der Waals surface area contributed by atoms with E-state index in [1.807, 2.05) is 24.3 Å². The molecular formula is C14H21Br2NO2. The first-order valence-electron chi connectivity index (χ1n) is 6.50. The van der Waals surface area contributed by atoms with Gasteiger partial charge in [-0.05, 0) is 30.8 Å². The lowest BCUT2D eigenvalue weighted by Gasteiger charge is -2.20. The van der Waals surface area contributed by atoms with Crippen LogP contribution in [0.25, 0.3) is 0 Å². The molecule has 0 aliphatic carbocycles. The summed E-state index contributed by atoms with van der Waals surface area (Å²) in [4.78, 5) is 2.33. The molecule has 0 saturated carbocycles. The molecule has 0 atom stereocenters. The maximum absolute atomic E-state index is 5.71. The van der Waals surface area contributed by atoms with Crippen molar-refractivity contribution in [2.24, 2.45) is 0 Å². The van der Waals surface area contributed by atoms with Crippen molar-refractivity contribution in [1.29, 1.82) is 0 Å². The molecular weight excluding hydrogens is 374 g/mol. The minimum Gasteiger partial charge on any atom is -0.492 e. The molecule has 108 valence electrons. The fourth-order valence-electron chi connectivity index (χ4n) is 1.60. The van der Waals surface area contributed by atoms with Crippen LogP contribution < -0.4 is 4.74 Å². The van der Waals surface area contributed by atoms with Crippen LogP contribution in [0.4, 0.5) is 0 Å². The van der Waals surface area contributed by atoms with Gasteiger partial charge in [-0.15, -0.1) is 0 Å². The topological polar surface area (TPSA) is 21.7 Å². The fourth-order valence-corrected chi connectivity index (χ4v) is 2.09. The molecule has 3 nitrogen and oxygen atoms in total. The van der Waals surface area contributed by atoms with Crippen LogP contribution in [-0.2, 0) is 4.74 Å². The first kappa shape index (κ1) is 17.0. The third-order valence-electron chi connectivity index (χ3n) is 2.71. The van der Waals surface area contributed by atoms with Gasteiger partial charge in [0.2, 0.25) is 0 Å². The Balaban J connectivity index is 2.16. The van der Waals surface area contributed by atoms with Crippen molar-refractivity contribution in [2.75, 3.05) is 44.8 Å². The van der Waals surface area contributed by atoms with Gasteiger partial charge < -0.3 is 9.47 Å². The van der Waals surface area contributed by atoms with Gasteiger partial charge in [-0.1, -0.05) is 38.8 Å². The van der Waals surface area contributed by atoms with Gasteiger partial charge in [0.05, 0.1) is 13.2 Å². The summed E-state index contributed by atoms with van der Waals surface area (Å²) >= 11 is 6.75. The van der Waals surface area contributed by atoms with Gasteiger partial charge in [0.1, 0.15) is 12.4 Å². The van der Waals surface area contributed by atoms with E-state index in [4.69, 9.17) is 9.47 Å². The zero-order chi connectivity index (χ0) is 13.9. The van der Waals surface area contributed by atoms with Gasteiger partial charge in [-0.2, -0.15) is 0 Å². The van der Waals surface area contributed by atoms with Crippen LogP contribution in [0.2, 0.25) is 0 Å². The van der Waals surface area contributed by atoms with Gasteiger partial charge in [-0.25, -0.2) is 0 Å². The number of alkyl halides is 1. The molecule has 1 aromatic rings. The third kappa shape index (κ3) is 7.92. The largest absolute Gasteiger partial charge is 0.492 e. The Kier molecular flexibility index (Phi) is 9.51. The van der Waals surface area contributed by atoms with Crippen LogP contribution in [0.1, 0.15) is 6.92 Å². The highest BCUT2D eigenvalue weighted by Crippen LogP contribution is 2.15. The summed E-state index contributed by atoms with van der Waals surface area (Å²) in [6.45, 7) is 7.29. The number of hydrogen-bond donors (Lipinski definition) is 0. The van der Waals surface area contributed by atoms with Gasteiger partial charge in [0, 0.05) is 22.9 Å². The van der Waals surface area contributed by atoms with Gasteiger partial charge >= 0.3 is 0 Å². The van der Waals surface area contributed by atoms with Gasteiger partial charge in [0.15, 0.2) is 0 Å². The Morgan fingerprint density at radius 1 is 1.05 bits per heavy atom. The quantitative estimate of drug-likeness (QED) is 0.447. The molecule has 0 aliphatic heterocycles. The first-order chi connectivity index (χ1) is 9.26. The second-order valence-electron chi connectivity index (χ2n) is 4.04. The fraction of sp³-hybridized carbons (Fsp3) is 0.571. The zero-order valence-electron chi connectivity index (χ0n) is 11.3. The summed E-state index contributed by atoms with van der Waals surface area (Å²) in [7, 11) is 0. The average molecular weight is 395 g/mol. The van der Waals surface area contributed by atoms with E-state index >= 15 is 0 Å². The van der Waals surface area contributed by atoms with Gasteiger partial charge in [0.25, 0.3) is 0 Å². The maximum atomic E-state index is 5.71. The molecule has 0 aromatic heterocycles. The van der Waals surface area contributed by atoms with E-state index in [9.17, 15) is 0 Å². The number of benzene rings is 1. The summed E-state index contributed by atoms with van der Waals surface area (Å²) in [6.07, 6.45) is 0. The van der Waals surface area contributed by atoms with Crippen LogP contribution in [0.3, 0.4) is 0 Å². The highest BCUT2D eigenvalue weighted by Gasteiger charge is 2.02. The van der Waals surface area contributed by atoms with E-state index in [0.29, 0.717) is 6.61 Å². The molecule has 0 unspecified atom stereocenters. The van der Waals surface area contributed by atoms with Crippen molar-refractivity contribution >= 4 is 31.9 Å². The second kappa shape index (κ2) is 10.7. The Bertz CT molecular complexity index is 333. The van der Waals surface area contributed by atoms with Crippen molar-refractivity contribution < 1.29 is 9.47 Å². The summed E-state index contributed by atoms with van der Waals surface area (Å²) in [5.74, 6) is 0.912. The number of likely N-dealkylation sites (N-methyl/N-ethyl adjacent to an activating group) is 1. The van der Waals surface area contributed by atoms with Crippen molar-refractivity contribution in [2.45, 2.75) is 6.92 Å². The van der Waals surface area contributed by atoms with E-state index in [0.717, 1.165) is 48.4 Å². The first-order valence-corrected chi connectivity index (χ1v) is 8.42. The molecule has 0 N–H and O–H groups in total. The van der Waals surface area contributed by atoms with Crippen molar-refractivity contribution in [3.63, 3.8) is 0 Å². The molecule has 0 heterocycles. The molecule has 1 aromatic carbocycles. The summed E-state index contributed by atoms with van der Waals surface area (Å²) < 4.78 is 12.2. The monoisotopic (exact) mass is 393 g/mol. The lowest BCUT2D eigenvalue weighted by molar-refractivity contribution is 0.110. The molecule has 0 radical (unpaired) electrons. The molecule has 0 spiro atoms. The number of hydrogen-bond acceptors (Lipinski definition) is 3. The summed E-state index contributed by atoms with van der Waals surface area (Å²) in [6, 6.07) is 7.92. The second-order valence-corrected chi connectivity index (χ2v) is 5.75. The molecule has 5 heteroatoms. The van der Waals surface area contributed by atoms with E-state index in [2.05, 4.69) is 43.7 Å². The minimum atomic E-state index is 0.702. The average Bonchev–Trinajstić information content (AvgIpc) is 2.43. The number of rotatable bonds is 10. The predicted octanol–water partition coefficient (Wildman–Crippen LogP) is 3.56. The van der Waals surface area contributed by atoms with Crippen molar-refractivity contribution in [1.82, 2.24) is 4.90 Å².